The van der Waals surface area contributed by atoms with Gasteiger partial charge in [0.1, 0.15) is 11.5 Å². The minimum absolute atomic E-state index is 0.0233. The Morgan fingerprint density at radius 2 is 1.79 bits per heavy atom. The van der Waals surface area contributed by atoms with Crippen molar-refractivity contribution in [1.82, 2.24) is 10.6 Å². The lowest BCUT2D eigenvalue weighted by atomic mass is 9.78. The Labute approximate surface area is 167 Å². The van der Waals surface area contributed by atoms with E-state index in [0.29, 0.717) is 24.3 Å². The largest absolute Gasteiger partial charge is 0.481 e. The predicted molar refractivity (Wildman–Crippen MR) is 108 cm³/mol. The minimum atomic E-state index is -1.19. The highest BCUT2D eigenvalue weighted by molar-refractivity contribution is 5.88. The molecule has 1 aromatic rings. The van der Waals surface area contributed by atoms with Gasteiger partial charge in [-0.1, -0.05) is 56.5 Å². The summed E-state index contributed by atoms with van der Waals surface area (Å²) < 4.78 is 0. The van der Waals surface area contributed by atoms with Gasteiger partial charge in [-0.15, -0.1) is 0 Å². The lowest BCUT2D eigenvalue weighted by Gasteiger charge is -2.29. The van der Waals surface area contributed by atoms with E-state index in [1.165, 1.54) is 19.3 Å². The molecule has 1 saturated carbocycles. The number of carbonyl (C=O) groups is 3. The van der Waals surface area contributed by atoms with Gasteiger partial charge in [0.05, 0.1) is 0 Å². The van der Waals surface area contributed by atoms with Gasteiger partial charge in [0.2, 0.25) is 11.8 Å². The fraction of sp³-hybridized carbons (Fsp3) is 0.591. The monoisotopic (exact) mass is 388 g/mol. The molecule has 1 fully saturated rings. The third-order valence-electron chi connectivity index (χ3n) is 5.87. The molecule has 2 amide bonds. The van der Waals surface area contributed by atoms with Gasteiger partial charge in [-0.2, -0.15) is 0 Å². The summed E-state index contributed by atoms with van der Waals surface area (Å²) in [5, 5.41) is 15.3. The Kier molecular flexibility index (Phi) is 8.03. The van der Waals surface area contributed by atoms with Gasteiger partial charge in [0.15, 0.2) is 0 Å². The SMILES string of the molecule is CCC(CNC(=O)C(C)NC(=O)CC1CCCCC1)(C(=O)O)c1ccccc1. The van der Waals surface area contributed by atoms with Crippen molar-refractivity contribution in [2.24, 2.45) is 5.92 Å². The molecule has 0 heterocycles. The summed E-state index contributed by atoms with van der Waals surface area (Å²) in [7, 11) is 0. The maximum atomic E-state index is 12.5. The molecule has 2 rings (SSSR count). The van der Waals surface area contributed by atoms with Gasteiger partial charge >= 0.3 is 5.97 Å². The fourth-order valence-electron chi connectivity index (χ4n) is 3.95. The summed E-state index contributed by atoms with van der Waals surface area (Å²) in [6.45, 7) is 3.40. The Bertz CT molecular complexity index is 670. The van der Waals surface area contributed by atoms with Crippen LogP contribution in [-0.4, -0.2) is 35.5 Å². The minimum Gasteiger partial charge on any atom is -0.481 e. The summed E-state index contributed by atoms with van der Waals surface area (Å²) >= 11 is 0. The van der Waals surface area contributed by atoms with Gasteiger partial charge in [0, 0.05) is 13.0 Å². The Morgan fingerprint density at radius 3 is 2.36 bits per heavy atom. The highest BCUT2D eigenvalue weighted by Gasteiger charge is 2.39. The van der Waals surface area contributed by atoms with Crippen molar-refractivity contribution in [2.45, 2.75) is 70.3 Å². The van der Waals surface area contributed by atoms with Crippen LogP contribution >= 0.6 is 0 Å². The summed E-state index contributed by atoms with van der Waals surface area (Å²) in [5.41, 5.74) is -0.540. The van der Waals surface area contributed by atoms with Gasteiger partial charge in [-0.3, -0.25) is 14.4 Å². The normalized spacial score (nSPS) is 17.9. The van der Waals surface area contributed by atoms with Crippen molar-refractivity contribution in [2.75, 3.05) is 6.54 Å². The molecule has 154 valence electrons. The topological polar surface area (TPSA) is 95.5 Å². The molecule has 3 N–H and O–H groups in total. The number of hydrogen-bond donors (Lipinski definition) is 3. The smallest absolute Gasteiger partial charge is 0.315 e. The first-order valence-electron chi connectivity index (χ1n) is 10.2. The van der Waals surface area contributed by atoms with Crippen molar-refractivity contribution in [3.8, 4) is 0 Å². The van der Waals surface area contributed by atoms with Crippen LogP contribution in [0.5, 0.6) is 0 Å². The van der Waals surface area contributed by atoms with Crippen LogP contribution in [0.25, 0.3) is 0 Å². The van der Waals surface area contributed by atoms with Crippen LogP contribution in [0.1, 0.15) is 64.4 Å². The van der Waals surface area contributed by atoms with Gasteiger partial charge in [0.25, 0.3) is 0 Å². The number of amides is 2. The molecule has 1 aliphatic carbocycles. The van der Waals surface area contributed by atoms with Crippen molar-refractivity contribution in [3.05, 3.63) is 35.9 Å². The molecule has 2 unspecified atom stereocenters. The second-order valence-corrected chi connectivity index (χ2v) is 7.82. The molecule has 1 aromatic carbocycles. The number of aliphatic carboxylic acids is 1. The van der Waals surface area contributed by atoms with E-state index in [9.17, 15) is 19.5 Å². The first-order chi connectivity index (χ1) is 13.4. The zero-order valence-corrected chi connectivity index (χ0v) is 16.9. The average Bonchev–Trinajstić information content (AvgIpc) is 2.69. The number of nitrogens with one attached hydrogen (secondary N) is 2. The molecular weight excluding hydrogens is 356 g/mol. The zero-order chi connectivity index (χ0) is 20.6. The van der Waals surface area contributed by atoms with Crippen LogP contribution in [-0.2, 0) is 19.8 Å². The number of carbonyl (C=O) groups excluding carboxylic acids is 2. The lowest BCUT2D eigenvalue weighted by molar-refractivity contribution is -0.144. The van der Waals surface area contributed by atoms with Gasteiger partial charge in [-0.25, -0.2) is 0 Å². The maximum Gasteiger partial charge on any atom is 0.315 e. The third-order valence-corrected chi connectivity index (χ3v) is 5.87. The van der Waals surface area contributed by atoms with Crippen molar-refractivity contribution in [3.63, 3.8) is 0 Å². The molecule has 0 aliphatic heterocycles. The molecular formula is C22H32N2O4. The first kappa shape index (κ1) is 21.9. The van der Waals surface area contributed by atoms with Gasteiger partial charge < -0.3 is 15.7 Å². The van der Waals surface area contributed by atoms with E-state index in [1.54, 1.807) is 38.1 Å². The number of hydrogen-bond acceptors (Lipinski definition) is 3. The molecule has 6 nitrogen and oxygen atoms in total. The Hall–Kier alpha value is -2.37. The predicted octanol–water partition coefficient (Wildman–Crippen LogP) is 3.01. The number of benzene rings is 1. The maximum absolute atomic E-state index is 12.5. The molecule has 0 saturated heterocycles. The summed E-state index contributed by atoms with van der Waals surface area (Å²) in [4.78, 5) is 36.7. The second-order valence-electron chi connectivity index (χ2n) is 7.82. The van der Waals surface area contributed by atoms with E-state index >= 15 is 0 Å². The van der Waals surface area contributed by atoms with Crippen LogP contribution in [0.3, 0.4) is 0 Å². The number of rotatable bonds is 9. The van der Waals surface area contributed by atoms with E-state index in [2.05, 4.69) is 10.6 Å². The zero-order valence-electron chi connectivity index (χ0n) is 16.9. The third kappa shape index (κ3) is 5.57. The highest BCUT2D eigenvalue weighted by atomic mass is 16.4. The highest BCUT2D eigenvalue weighted by Crippen LogP contribution is 2.28. The average molecular weight is 389 g/mol. The molecule has 6 heteroatoms. The lowest BCUT2D eigenvalue weighted by Crippen LogP contribution is -2.51. The molecule has 1 aliphatic rings. The Morgan fingerprint density at radius 1 is 1.14 bits per heavy atom. The quantitative estimate of drug-likeness (QED) is 0.606. The molecule has 2 atom stereocenters. The first-order valence-corrected chi connectivity index (χ1v) is 10.2. The van der Waals surface area contributed by atoms with E-state index in [-0.39, 0.29) is 18.4 Å². The van der Waals surface area contributed by atoms with Crippen LogP contribution < -0.4 is 10.6 Å². The van der Waals surface area contributed by atoms with Crippen LogP contribution in [0, 0.1) is 5.92 Å². The number of carboxylic acids is 1. The van der Waals surface area contributed by atoms with Crippen molar-refractivity contribution in [1.29, 1.82) is 0 Å². The molecule has 0 bridgehead atoms. The summed E-state index contributed by atoms with van der Waals surface area (Å²) in [6, 6.07) is 8.24. The molecule has 0 radical (unpaired) electrons. The Balaban J connectivity index is 1.92. The molecule has 0 aromatic heterocycles. The standard InChI is InChI=1S/C22H32N2O4/c1-3-22(21(27)28,18-12-8-5-9-13-18)15-23-20(26)16(2)24-19(25)14-17-10-6-4-7-11-17/h5,8-9,12-13,16-17H,3-4,6-7,10-11,14-15H2,1-2H3,(H,23,26)(H,24,25)(H,27,28). The molecule has 0 spiro atoms. The van der Waals surface area contributed by atoms with Crippen LogP contribution in [0.4, 0.5) is 0 Å². The van der Waals surface area contributed by atoms with Crippen LogP contribution in [0.15, 0.2) is 30.3 Å². The van der Waals surface area contributed by atoms with E-state index in [1.807, 2.05) is 6.07 Å². The van der Waals surface area contributed by atoms with Crippen molar-refractivity contribution >= 4 is 17.8 Å². The van der Waals surface area contributed by atoms with Crippen molar-refractivity contribution < 1.29 is 19.5 Å². The van der Waals surface area contributed by atoms with E-state index in [4.69, 9.17) is 0 Å². The number of carboxylic acid groups (broad SMARTS) is 1. The fourth-order valence-corrected chi connectivity index (χ4v) is 3.95. The molecule has 28 heavy (non-hydrogen) atoms. The van der Waals surface area contributed by atoms with E-state index in [0.717, 1.165) is 12.8 Å². The van der Waals surface area contributed by atoms with E-state index < -0.39 is 17.4 Å². The second kappa shape index (κ2) is 10.2. The van der Waals surface area contributed by atoms with Crippen LogP contribution in [0.2, 0.25) is 0 Å². The summed E-state index contributed by atoms with van der Waals surface area (Å²) in [5.74, 6) is -1.05. The summed E-state index contributed by atoms with van der Waals surface area (Å²) in [6.07, 6.45) is 6.51. The van der Waals surface area contributed by atoms with Gasteiger partial charge in [-0.05, 0) is 37.7 Å².